The summed E-state index contributed by atoms with van der Waals surface area (Å²) < 4.78 is 5.20. The SMILES string of the molecule is CCC(C)N(CCOC)c1cc(C)ncc1CN. The van der Waals surface area contributed by atoms with Gasteiger partial charge in [0.1, 0.15) is 0 Å². The molecule has 0 spiro atoms. The highest BCUT2D eigenvalue weighted by molar-refractivity contribution is 5.54. The number of pyridine rings is 1. The van der Waals surface area contributed by atoms with Crippen molar-refractivity contribution in [1.29, 1.82) is 0 Å². The van der Waals surface area contributed by atoms with Crippen LogP contribution in [0.25, 0.3) is 0 Å². The molecule has 0 amide bonds. The number of rotatable bonds is 7. The molecule has 18 heavy (non-hydrogen) atoms. The summed E-state index contributed by atoms with van der Waals surface area (Å²) in [5.74, 6) is 0. The molecule has 0 saturated heterocycles. The maximum atomic E-state index is 5.81. The van der Waals surface area contributed by atoms with Gasteiger partial charge in [-0.1, -0.05) is 6.92 Å². The van der Waals surface area contributed by atoms with Crippen LogP contribution in [0.3, 0.4) is 0 Å². The minimum Gasteiger partial charge on any atom is -0.383 e. The molecule has 0 aliphatic carbocycles. The molecule has 1 unspecified atom stereocenters. The summed E-state index contributed by atoms with van der Waals surface area (Å²) in [6, 6.07) is 2.58. The van der Waals surface area contributed by atoms with Crippen molar-refractivity contribution in [3.8, 4) is 0 Å². The number of ether oxygens (including phenoxy) is 1. The average Bonchev–Trinajstić information content (AvgIpc) is 2.39. The van der Waals surface area contributed by atoms with Crippen LogP contribution in [0.4, 0.5) is 5.69 Å². The predicted octanol–water partition coefficient (Wildman–Crippen LogP) is 2.10. The summed E-state index contributed by atoms with van der Waals surface area (Å²) in [6.45, 7) is 8.54. The number of hydrogen-bond acceptors (Lipinski definition) is 4. The molecule has 0 bridgehead atoms. The number of nitrogens with zero attached hydrogens (tertiary/aromatic N) is 2. The predicted molar refractivity (Wildman–Crippen MR) is 75.8 cm³/mol. The summed E-state index contributed by atoms with van der Waals surface area (Å²) in [5, 5.41) is 0. The number of hydrogen-bond donors (Lipinski definition) is 1. The van der Waals surface area contributed by atoms with Crippen molar-refractivity contribution in [1.82, 2.24) is 4.98 Å². The van der Waals surface area contributed by atoms with Crippen LogP contribution in [-0.4, -0.2) is 31.3 Å². The average molecular weight is 251 g/mol. The second-order valence-electron chi connectivity index (χ2n) is 4.60. The second kappa shape index (κ2) is 7.34. The molecule has 1 heterocycles. The Morgan fingerprint density at radius 1 is 1.50 bits per heavy atom. The lowest BCUT2D eigenvalue weighted by Gasteiger charge is -2.32. The van der Waals surface area contributed by atoms with E-state index >= 15 is 0 Å². The molecule has 0 radical (unpaired) electrons. The molecule has 0 aliphatic rings. The third kappa shape index (κ3) is 3.68. The van der Waals surface area contributed by atoms with Crippen molar-refractivity contribution in [3.05, 3.63) is 23.5 Å². The van der Waals surface area contributed by atoms with E-state index in [-0.39, 0.29) is 0 Å². The second-order valence-corrected chi connectivity index (χ2v) is 4.60. The highest BCUT2D eigenvalue weighted by Crippen LogP contribution is 2.23. The van der Waals surface area contributed by atoms with E-state index in [2.05, 4.69) is 29.8 Å². The minimum absolute atomic E-state index is 0.465. The van der Waals surface area contributed by atoms with Gasteiger partial charge in [-0.25, -0.2) is 0 Å². The van der Waals surface area contributed by atoms with E-state index in [1.54, 1.807) is 7.11 Å². The van der Waals surface area contributed by atoms with E-state index in [1.165, 1.54) is 5.69 Å². The molecule has 4 heteroatoms. The third-order valence-electron chi connectivity index (χ3n) is 3.29. The molecular formula is C14H25N3O. The highest BCUT2D eigenvalue weighted by Gasteiger charge is 2.16. The Morgan fingerprint density at radius 3 is 2.78 bits per heavy atom. The summed E-state index contributed by atoms with van der Waals surface area (Å²) in [7, 11) is 1.73. The van der Waals surface area contributed by atoms with Crippen molar-refractivity contribution < 1.29 is 4.74 Å². The van der Waals surface area contributed by atoms with Crippen LogP contribution in [0.15, 0.2) is 12.3 Å². The molecule has 0 aliphatic heterocycles. The molecule has 0 fully saturated rings. The fourth-order valence-electron chi connectivity index (χ4n) is 1.99. The van der Waals surface area contributed by atoms with E-state index in [0.29, 0.717) is 12.6 Å². The van der Waals surface area contributed by atoms with Gasteiger partial charge >= 0.3 is 0 Å². The Hall–Kier alpha value is -1.13. The van der Waals surface area contributed by atoms with Gasteiger partial charge in [0.25, 0.3) is 0 Å². The van der Waals surface area contributed by atoms with Gasteiger partial charge in [0.2, 0.25) is 0 Å². The normalized spacial score (nSPS) is 12.5. The van der Waals surface area contributed by atoms with Gasteiger partial charge in [0.05, 0.1) is 6.61 Å². The van der Waals surface area contributed by atoms with Crippen LogP contribution in [0, 0.1) is 6.92 Å². The zero-order valence-electron chi connectivity index (χ0n) is 11.9. The number of methoxy groups -OCH3 is 1. The van der Waals surface area contributed by atoms with Gasteiger partial charge in [-0.05, 0) is 26.3 Å². The van der Waals surface area contributed by atoms with Crippen molar-refractivity contribution in [2.45, 2.75) is 39.8 Å². The summed E-state index contributed by atoms with van der Waals surface area (Å²) >= 11 is 0. The Kier molecular flexibility index (Phi) is 6.09. The van der Waals surface area contributed by atoms with Crippen molar-refractivity contribution >= 4 is 5.69 Å². The van der Waals surface area contributed by atoms with E-state index in [9.17, 15) is 0 Å². The summed E-state index contributed by atoms with van der Waals surface area (Å²) in [5.41, 5.74) is 9.12. The molecule has 1 aromatic rings. The first-order valence-electron chi connectivity index (χ1n) is 6.55. The zero-order chi connectivity index (χ0) is 13.5. The first-order valence-corrected chi connectivity index (χ1v) is 6.55. The first kappa shape index (κ1) is 14.9. The molecule has 0 saturated carbocycles. The highest BCUT2D eigenvalue weighted by atomic mass is 16.5. The van der Waals surface area contributed by atoms with Crippen LogP contribution < -0.4 is 10.6 Å². The quantitative estimate of drug-likeness (QED) is 0.806. The van der Waals surface area contributed by atoms with Gasteiger partial charge < -0.3 is 15.4 Å². The van der Waals surface area contributed by atoms with Crippen LogP contribution in [0.1, 0.15) is 31.5 Å². The first-order chi connectivity index (χ1) is 8.63. The lowest BCUT2D eigenvalue weighted by molar-refractivity contribution is 0.203. The third-order valence-corrected chi connectivity index (χ3v) is 3.29. The van der Waals surface area contributed by atoms with Gasteiger partial charge in [-0.3, -0.25) is 4.98 Å². The Balaban J connectivity index is 3.05. The van der Waals surface area contributed by atoms with E-state index in [1.807, 2.05) is 13.1 Å². The fraction of sp³-hybridized carbons (Fsp3) is 0.643. The van der Waals surface area contributed by atoms with Gasteiger partial charge in [-0.15, -0.1) is 0 Å². The van der Waals surface area contributed by atoms with Crippen molar-refractivity contribution in [2.75, 3.05) is 25.2 Å². The smallest absolute Gasteiger partial charge is 0.0637 e. The molecule has 102 valence electrons. The lowest BCUT2D eigenvalue weighted by Crippen LogP contribution is -2.36. The van der Waals surface area contributed by atoms with Crippen LogP contribution >= 0.6 is 0 Å². The lowest BCUT2D eigenvalue weighted by atomic mass is 10.1. The van der Waals surface area contributed by atoms with Crippen LogP contribution in [0.2, 0.25) is 0 Å². The summed E-state index contributed by atoms with van der Waals surface area (Å²) in [4.78, 5) is 6.68. The van der Waals surface area contributed by atoms with E-state index in [0.717, 1.165) is 30.8 Å². The number of anilines is 1. The molecule has 1 aromatic heterocycles. The van der Waals surface area contributed by atoms with Gasteiger partial charge in [0.15, 0.2) is 0 Å². The van der Waals surface area contributed by atoms with E-state index in [4.69, 9.17) is 10.5 Å². The van der Waals surface area contributed by atoms with Crippen molar-refractivity contribution in [2.24, 2.45) is 5.73 Å². The van der Waals surface area contributed by atoms with Crippen LogP contribution in [0.5, 0.6) is 0 Å². The molecule has 4 nitrogen and oxygen atoms in total. The number of aryl methyl sites for hydroxylation is 1. The molecular weight excluding hydrogens is 226 g/mol. The van der Waals surface area contributed by atoms with E-state index < -0.39 is 0 Å². The Bertz CT molecular complexity index is 368. The Labute approximate surface area is 110 Å². The molecule has 1 rings (SSSR count). The van der Waals surface area contributed by atoms with Crippen LogP contribution in [-0.2, 0) is 11.3 Å². The monoisotopic (exact) mass is 251 g/mol. The Morgan fingerprint density at radius 2 is 2.22 bits per heavy atom. The van der Waals surface area contributed by atoms with Gasteiger partial charge in [0, 0.05) is 49.4 Å². The summed E-state index contributed by atoms with van der Waals surface area (Å²) in [6.07, 6.45) is 2.97. The number of aromatic nitrogens is 1. The van der Waals surface area contributed by atoms with Gasteiger partial charge in [-0.2, -0.15) is 0 Å². The van der Waals surface area contributed by atoms with Crippen molar-refractivity contribution in [3.63, 3.8) is 0 Å². The minimum atomic E-state index is 0.465. The largest absolute Gasteiger partial charge is 0.383 e. The maximum absolute atomic E-state index is 5.81. The fourth-order valence-corrected chi connectivity index (χ4v) is 1.99. The maximum Gasteiger partial charge on any atom is 0.0637 e. The standard InChI is InChI=1S/C14H25N3O/c1-5-12(3)17(6-7-18-4)14-8-11(2)16-10-13(14)9-15/h8,10,12H,5-7,9,15H2,1-4H3. The topological polar surface area (TPSA) is 51.4 Å². The number of nitrogens with two attached hydrogens (primary N) is 1. The molecule has 0 aromatic carbocycles. The molecule has 2 N–H and O–H groups in total. The molecule has 1 atom stereocenters. The zero-order valence-corrected chi connectivity index (χ0v) is 11.9.